The number of thioether (sulfide) groups is 1. The number of nitrogens with one attached hydrogen (secondary N) is 1. The van der Waals surface area contributed by atoms with Crippen molar-refractivity contribution in [2.45, 2.75) is 24.8 Å². The highest BCUT2D eigenvalue weighted by Gasteiger charge is 2.42. The first kappa shape index (κ1) is 22.5. The highest BCUT2D eigenvalue weighted by Crippen LogP contribution is 2.35. The van der Waals surface area contributed by atoms with Gasteiger partial charge >= 0.3 is 0 Å². The first-order valence-corrected chi connectivity index (χ1v) is 11.7. The Kier molecular flexibility index (Phi) is 6.15. The van der Waals surface area contributed by atoms with Crippen LogP contribution in [0.1, 0.15) is 23.3 Å². The van der Waals surface area contributed by atoms with Gasteiger partial charge in [0.1, 0.15) is 17.6 Å². The van der Waals surface area contributed by atoms with Gasteiger partial charge in [0, 0.05) is 23.4 Å². The Morgan fingerprint density at radius 1 is 1.14 bits per heavy atom. The van der Waals surface area contributed by atoms with Crippen LogP contribution in [0.15, 0.2) is 81.3 Å². The Morgan fingerprint density at radius 2 is 1.94 bits per heavy atom. The van der Waals surface area contributed by atoms with Crippen LogP contribution < -0.4 is 5.32 Å². The van der Waals surface area contributed by atoms with Crippen LogP contribution in [0.4, 0.5) is 11.4 Å². The van der Waals surface area contributed by atoms with Crippen molar-refractivity contribution in [2.24, 2.45) is 9.98 Å². The van der Waals surface area contributed by atoms with Crippen molar-refractivity contribution in [3.8, 4) is 0 Å². The van der Waals surface area contributed by atoms with Crippen LogP contribution in [-0.2, 0) is 21.9 Å². The van der Waals surface area contributed by atoms with Gasteiger partial charge in [0.15, 0.2) is 5.17 Å². The standard InChI is InChI=1S/C24H19N5O5S/c30-21(25-13-17-4-3-11-34-17)12-20-23(31)28-22(26-20)18-5-1-2-6-19(18)27-24(28)35-14-15-7-9-16(10-8-15)29(32)33/h1-11,20H,12-14H2,(H,25,30)/t20-/m0/s1. The van der Waals surface area contributed by atoms with Crippen LogP contribution in [0.2, 0.25) is 0 Å². The van der Waals surface area contributed by atoms with E-state index in [1.807, 2.05) is 24.3 Å². The summed E-state index contributed by atoms with van der Waals surface area (Å²) in [5.41, 5.74) is 2.27. The van der Waals surface area contributed by atoms with Gasteiger partial charge < -0.3 is 9.73 Å². The minimum atomic E-state index is -0.863. The van der Waals surface area contributed by atoms with Gasteiger partial charge in [-0.3, -0.25) is 24.7 Å². The second kappa shape index (κ2) is 9.55. The van der Waals surface area contributed by atoms with Gasteiger partial charge in [-0.25, -0.2) is 9.89 Å². The number of amides is 2. The molecular formula is C24H19N5O5S. The lowest BCUT2D eigenvalue weighted by molar-refractivity contribution is -0.384. The van der Waals surface area contributed by atoms with Crippen molar-refractivity contribution in [1.29, 1.82) is 0 Å². The van der Waals surface area contributed by atoms with E-state index >= 15 is 0 Å². The second-order valence-electron chi connectivity index (χ2n) is 7.83. The Hall–Kier alpha value is -4.25. The molecule has 0 unspecified atom stereocenters. The normalized spacial score (nSPS) is 16.3. The van der Waals surface area contributed by atoms with E-state index in [1.54, 1.807) is 24.3 Å². The SMILES string of the molecule is O=C(C[C@@H]1N=C2c3ccccc3N=C(SCc3ccc([N+](=O)[O-])cc3)N2C1=O)NCc1ccco1. The van der Waals surface area contributed by atoms with Crippen molar-refractivity contribution >= 4 is 46.0 Å². The molecule has 0 spiro atoms. The van der Waals surface area contributed by atoms with E-state index in [-0.39, 0.29) is 30.5 Å². The number of non-ortho nitro benzene ring substituents is 1. The number of nitrogens with zero attached hydrogens (tertiary/aromatic N) is 4. The highest BCUT2D eigenvalue weighted by molar-refractivity contribution is 8.13. The third-order valence-corrected chi connectivity index (χ3v) is 6.49. The van der Waals surface area contributed by atoms with E-state index in [4.69, 9.17) is 4.42 Å². The summed E-state index contributed by atoms with van der Waals surface area (Å²) >= 11 is 1.33. The Balaban J connectivity index is 1.33. The first-order chi connectivity index (χ1) is 17.0. The maximum Gasteiger partial charge on any atom is 0.269 e. The van der Waals surface area contributed by atoms with Gasteiger partial charge in [-0.05, 0) is 29.8 Å². The topological polar surface area (TPSA) is 130 Å². The molecule has 0 saturated carbocycles. The summed E-state index contributed by atoms with van der Waals surface area (Å²) in [6.07, 6.45) is 1.43. The summed E-state index contributed by atoms with van der Waals surface area (Å²) in [5, 5.41) is 14.1. The minimum Gasteiger partial charge on any atom is -0.467 e. The molecule has 1 aromatic heterocycles. The zero-order chi connectivity index (χ0) is 24.4. The maximum absolute atomic E-state index is 13.3. The third-order valence-electron chi connectivity index (χ3n) is 5.48. The van der Waals surface area contributed by atoms with E-state index in [0.717, 1.165) is 11.1 Å². The molecule has 3 heterocycles. The third kappa shape index (κ3) is 4.71. The molecular weight excluding hydrogens is 470 g/mol. The molecule has 2 aromatic carbocycles. The number of hydrogen-bond acceptors (Lipinski definition) is 8. The molecule has 0 fully saturated rings. The number of aliphatic imine (C=N–C) groups is 2. The van der Waals surface area contributed by atoms with Crippen LogP contribution in [0.3, 0.4) is 0 Å². The Morgan fingerprint density at radius 3 is 2.69 bits per heavy atom. The number of carbonyl (C=O) groups excluding carboxylic acids is 2. The van der Waals surface area contributed by atoms with E-state index < -0.39 is 11.0 Å². The summed E-state index contributed by atoms with van der Waals surface area (Å²) < 4.78 is 5.22. The summed E-state index contributed by atoms with van der Waals surface area (Å²) in [6.45, 7) is 0.230. The molecule has 176 valence electrons. The highest BCUT2D eigenvalue weighted by atomic mass is 32.2. The molecule has 35 heavy (non-hydrogen) atoms. The van der Waals surface area contributed by atoms with Crippen LogP contribution in [0.5, 0.6) is 0 Å². The van der Waals surface area contributed by atoms with Crippen molar-refractivity contribution in [1.82, 2.24) is 10.2 Å². The smallest absolute Gasteiger partial charge is 0.269 e. The zero-order valence-electron chi connectivity index (χ0n) is 18.3. The van der Waals surface area contributed by atoms with Crippen LogP contribution in [0, 0.1) is 10.1 Å². The predicted octanol–water partition coefficient (Wildman–Crippen LogP) is 3.79. The molecule has 0 radical (unpaired) electrons. The van der Waals surface area contributed by atoms with E-state index in [2.05, 4.69) is 15.3 Å². The van der Waals surface area contributed by atoms with Gasteiger partial charge in [0.25, 0.3) is 11.6 Å². The number of nitro benzene ring substituents is 1. The molecule has 0 saturated heterocycles. The average molecular weight is 490 g/mol. The molecule has 3 aromatic rings. The fourth-order valence-electron chi connectivity index (χ4n) is 3.74. The molecule has 0 aliphatic carbocycles. The quantitative estimate of drug-likeness (QED) is 0.397. The average Bonchev–Trinajstić information content (AvgIpc) is 3.50. The summed E-state index contributed by atoms with van der Waals surface area (Å²) in [7, 11) is 0. The first-order valence-electron chi connectivity index (χ1n) is 10.7. The minimum absolute atomic E-state index is 0.0139. The van der Waals surface area contributed by atoms with Crippen LogP contribution in [-0.4, -0.2) is 38.7 Å². The van der Waals surface area contributed by atoms with Gasteiger partial charge in [0.05, 0.1) is 29.8 Å². The van der Waals surface area contributed by atoms with Gasteiger partial charge in [-0.2, -0.15) is 0 Å². The number of carbonyl (C=O) groups is 2. The van der Waals surface area contributed by atoms with Gasteiger partial charge in [0.2, 0.25) is 5.91 Å². The second-order valence-corrected chi connectivity index (χ2v) is 8.77. The molecule has 5 rings (SSSR count). The fourth-order valence-corrected chi connectivity index (χ4v) is 4.70. The number of nitro groups is 1. The lowest BCUT2D eigenvalue weighted by atomic mass is 10.1. The van der Waals surface area contributed by atoms with Crippen molar-refractivity contribution in [3.63, 3.8) is 0 Å². The fraction of sp³-hybridized carbons (Fsp3) is 0.167. The number of benzene rings is 2. The predicted molar refractivity (Wildman–Crippen MR) is 130 cm³/mol. The molecule has 1 atom stereocenters. The number of amidine groups is 2. The maximum atomic E-state index is 13.3. The molecule has 10 nitrogen and oxygen atoms in total. The van der Waals surface area contributed by atoms with Crippen LogP contribution >= 0.6 is 11.8 Å². The van der Waals surface area contributed by atoms with Crippen molar-refractivity contribution in [2.75, 3.05) is 0 Å². The lowest BCUT2D eigenvalue weighted by Crippen LogP contribution is -2.42. The Bertz CT molecular complexity index is 1350. The van der Waals surface area contributed by atoms with E-state index in [0.29, 0.717) is 28.2 Å². The summed E-state index contributed by atoms with van der Waals surface area (Å²) in [4.78, 5) is 47.0. The largest absolute Gasteiger partial charge is 0.467 e. The molecule has 2 aliphatic heterocycles. The lowest BCUT2D eigenvalue weighted by Gasteiger charge is -2.25. The monoisotopic (exact) mass is 489 g/mol. The Labute approximate surface area is 203 Å². The number of furan rings is 1. The molecule has 2 aliphatic rings. The summed E-state index contributed by atoms with van der Waals surface area (Å²) in [6, 6.07) is 16.2. The van der Waals surface area contributed by atoms with Crippen LogP contribution in [0.25, 0.3) is 0 Å². The van der Waals surface area contributed by atoms with Crippen molar-refractivity contribution in [3.05, 3.63) is 93.9 Å². The number of rotatable bonds is 7. The summed E-state index contributed by atoms with van der Waals surface area (Å²) in [5.74, 6) is 0.901. The van der Waals surface area contributed by atoms with E-state index in [1.165, 1.54) is 35.1 Å². The van der Waals surface area contributed by atoms with Gasteiger partial charge in [-0.15, -0.1) is 0 Å². The zero-order valence-corrected chi connectivity index (χ0v) is 19.1. The number of fused-ring (bicyclic) bond motifs is 3. The molecule has 2 amide bonds. The molecule has 0 bridgehead atoms. The molecule has 1 N–H and O–H groups in total. The molecule has 11 heteroatoms. The number of hydrogen-bond donors (Lipinski definition) is 1. The van der Waals surface area contributed by atoms with Gasteiger partial charge in [-0.1, -0.05) is 36.0 Å². The van der Waals surface area contributed by atoms with Crippen molar-refractivity contribution < 1.29 is 18.9 Å². The van der Waals surface area contributed by atoms with E-state index in [9.17, 15) is 19.7 Å². The number of para-hydroxylation sites is 1.